The second-order valence-corrected chi connectivity index (χ2v) is 6.93. The fourth-order valence-electron chi connectivity index (χ4n) is 1.61. The minimum atomic E-state index is -4.43. The van der Waals surface area contributed by atoms with Crippen LogP contribution in [-0.2, 0) is 16.0 Å². The highest BCUT2D eigenvalue weighted by Gasteiger charge is 2.30. The van der Waals surface area contributed by atoms with E-state index in [2.05, 4.69) is 4.98 Å². The second-order valence-electron chi connectivity index (χ2n) is 4.45. The van der Waals surface area contributed by atoms with Crippen LogP contribution in [0.5, 0.6) is 0 Å². The number of rotatable bonds is 6. The molecule has 0 aliphatic carbocycles. The van der Waals surface area contributed by atoms with Gasteiger partial charge >= 0.3 is 6.18 Å². The fourth-order valence-corrected chi connectivity index (χ4v) is 2.50. The number of nitrogens with zero attached hydrogens (tertiary/aromatic N) is 1. The van der Waals surface area contributed by atoms with Gasteiger partial charge in [-0.2, -0.15) is 13.2 Å². The van der Waals surface area contributed by atoms with Crippen LogP contribution in [0.25, 0.3) is 0 Å². The molecule has 0 radical (unpaired) electrons. The number of halogens is 3. The minimum absolute atomic E-state index is 0.0256. The van der Waals surface area contributed by atoms with E-state index in [1.165, 1.54) is 6.07 Å². The summed E-state index contributed by atoms with van der Waals surface area (Å²) in [7, 11) is -3.05. The molecule has 8 heteroatoms. The first-order valence-corrected chi connectivity index (χ1v) is 7.97. The largest absolute Gasteiger partial charge is 0.417 e. The quantitative estimate of drug-likeness (QED) is 0.875. The highest BCUT2D eigenvalue weighted by atomic mass is 32.2. The lowest BCUT2D eigenvalue weighted by molar-refractivity contribution is -0.137. The van der Waals surface area contributed by atoms with Crippen molar-refractivity contribution in [3.8, 4) is 0 Å². The van der Waals surface area contributed by atoms with Gasteiger partial charge in [-0.25, -0.2) is 8.42 Å². The first-order valence-electron chi connectivity index (χ1n) is 6.15. The summed E-state index contributed by atoms with van der Waals surface area (Å²) in [4.78, 5) is 3.69. The lowest BCUT2D eigenvalue weighted by Gasteiger charge is -2.12. The van der Waals surface area contributed by atoms with E-state index in [-0.39, 0.29) is 11.5 Å². The Morgan fingerprint density at radius 1 is 1.35 bits per heavy atom. The van der Waals surface area contributed by atoms with Crippen LogP contribution in [0.3, 0.4) is 0 Å². The molecule has 0 bridgehead atoms. The first-order chi connectivity index (χ1) is 9.15. The zero-order chi connectivity index (χ0) is 15.4. The number of sulfone groups is 1. The predicted octanol–water partition coefficient (Wildman–Crippen LogP) is 2.32. The summed E-state index contributed by atoms with van der Waals surface area (Å²) in [6, 6.07) is 1.58. The lowest BCUT2D eigenvalue weighted by atomic mass is 10.1. The lowest BCUT2D eigenvalue weighted by Crippen LogP contribution is -2.16. The van der Waals surface area contributed by atoms with Crippen LogP contribution in [0.2, 0.25) is 0 Å². The summed E-state index contributed by atoms with van der Waals surface area (Å²) in [6.07, 6.45) is -2.97. The molecule has 0 aliphatic rings. The molecule has 1 aromatic heterocycles. The van der Waals surface area contributed by atoms with Gasteiger partial charge in [-0.1, -0.05) is 6.92 Å². The average molecular weight is 310 g/mol. The standard InChI is InChI=1S/C12H17F3N2O2S/c1-2-20(18,19)7-3-4-10(16)11-6-5-9(8-17-11)12(13,14)15/h5-6,8,10H,2-4,7,16H2,1H3. The van der Waals surface area contributed by atoms with E-state index < -0.39 is 27.6 Å². The van der Waals surface area contributed by atoms with Crippen molar-refractivity contribution in [2.24, 2.45) is 5.73 Å². The summed E-state index contributed by atoms with van der Waals surface area (Å²) in [5.41, 5.74) is 5.28. The summed E-state index contributed by atoms with van der Waals surface area (Å²) >= 11 is 0. The van der Waals surface area contributed by atoms with Gasteiger partial charge in [0.15, 0.2) is 0 Å². The minimum Gasteiger partial charge on any atom is -0.323 e. The van der Waals surface area contributed by atoms with Crippen LogP contribution in [0, 0.1) is 0 Å². The van der Waals surface area contributed by atoms with Crippen molar-refractivity contribution in [2.75, 3.05) is 11.5 Å². The molecule has 1 rings (SSSR count). The van der Waals surface area contributed by atoms with Crippen molar-refractivity contribution < 1.29 is 21.6 Å². The fraction of sp³-hybridized carbons (Fsp3) is 0.583. The second kappa shape index (κ2) is 6.53. The molecule has 1 heterocycles. The van der Waals surface area contributed by atoms with Crippen LogP contribution >= 0.6 is 0 Å². The summed E-state index contributed by atoms with van der Waals surface area (Å²) in [5, 5.41) is 0. The van der Waals surface area contributed by atoms with Gasteiger partial charge in [0.1, 0.15) is 9.84 Å². The average Bonchev–Trinajstić information content (AvgIpc) is 2.37. The van der Waals surface area contributed by atoms with Gasteiger partial charge in [0, 0.05) is 18.0 Å². The molecule has 0 saturated carbocycles. The van der Waals surface area contributed by atoms with E-state index in [1.807, 2.05) is 0 Å². The zero-order valence-corrected chi connectivity index (χ0v) is 11.8. The third kappa shape index (κ3) is 5.09. The van der Waals surface area contributed by atoms with Crippen LogP contribution < -0.4 is 5.73 Å². The number of nitrogens with two attached hydrogens (primary N) is 1. The molecular formula is C12H17F3N2O2S. The van der Waals surface area contributed by atoms with E-state index in [0.717, 1.165) is 12.3 Å². The maximum absolute atomic E-state index is 12.4. The molecule has 1 atom stereocenters. The number of aromatic nitrogens is 1. The van der Waals surface area contributed by atoms with Gasteiger partial charge in [0.05, 0.1) is 17.0 Å². The molecule has 1 aromatic rings. The van der Waals surface area contributed by atoms with Crippen molar-refractivity contribution in [1.29, 1.82) is 0 Å². The van der Waals surface area contributed by atoms with Crippen molar-refractivity contribution >= 4 is 9.84 Å². The van der Waals surface area contributed by atoms with E-state index >= 15 is 0 Å². The third-order valence-corrected chi connectivity index (χ3v) is 4.69. The number of hydrogen-bond acceptors (Lipinski definition) is 4. The highest BCUT2D eigenvalue weighted by Crippen LogP contribution is 2.29. The Balaban J connectivity index is 2.58. The topological polar surface area (TPSA) is 73.0 Å². The van der Waals surface area contributed by atoms with E-state index in [0.29, 0.717) is 18.5 Å². The SMILES string of the molecule is CCS(=O)(=O)CCCC(N)c1ccc(C(F)(F)F)cn1. The van der Waals surface area contributed by atoms with Gasteiger partial charge in [-0.15, -0.1) is 0 Å². The summed E-state index contributed by atoms with van der Waals surface area (Å²) in [6.45, 7) is 1.56. The van der Waals surface area contributed by atoms with E-state index in [4.69, 9.17) is 5.73 Å². The Hall–Kier alpha value is -1.15. The highest BCUT2D eigenvalue weighted by molar-refractivity contribution is 7.91. The van der Waals surface area contributed by atoms with E-state index in [1.54, 1.807) is 6.92 Å². The smallest absolute Gasteiger partial charge is 0.323 e. The molecule has 1 unspecified atom stereocenters. The molecule has 2 N–H and O–H groups in total. The maximum atomic E-state index is 12.4. The van der Waals surface area contributed by atoms with Crippen molar-refractivity contribution in [1.82, 2.24) is 4.98 Å². The molecule has 0 aliphatic heterocycles. The molecule has 20 heavy (non-hydrogen) atoms. The Kier molecular flexibility index (Phi) is 5.52. The zero-order valence-electron chi connectivity index (χ0n) is 11.0. The Morgan fingerprint density at radius 2 is 2.00 bits per heavy atom. The maximum Gasteiger partial charge on any atom is 0.417 e. The molecule has 0 aromatic carbocycles. The third-order valence-electron chi connectivity index (χ3n) is 2.90. The van der Waals surface area contributed by atoms with Crippen LogP contribution in [0.1, 0.15) is 37.1 Å². The summed E-state index contributed by atoms with van der Waals surface area (Å²) in [5.74, 6) is 0.0958. The van der Waals surface area contributed by atoms with E-state index in [9.17, 15) is 21.6 Å². The number of pyridine rings is 1. The molecule has 114 valence electrons. The Bertz CT molecular complexity index is 527. The van der Waals surface area contributed by atoms with Crippen molar-refractivity contribution in [3.63, 3.8) is 0 Å². The predicted molar refractivity (Wildman–Crippen MR) is 69.7 cm³/mol. The monoisotopic (exact) mass is 310 g/mol. The number of alkyl halides is 3. The van der Waals surface area contributed by atoms with Gasteiger partial charge in [0.25, 0.3) is 0 Å². The normalized spacial score (nSPS) is 14.2. The first kappa shape index (κ1) is 16.9. The van der Waals surface area contributed by atoms with Crippen LogP contribution in [-0.4, -0.2) is 24.9 Å². The van der Waals surface area contributed by atoms with Gasteiger partial charge in [-0.3, -0.25) is 4.98 Å². The van der Waals surface area contributed by atoms with Gasteiger partial charge in [0.2, 0.25) is 0 Å². The van der Waals surface area contributed by atoms with Gasteiger partial charge in [-0.05, 0) is 25.0 Å². The molecule has 0 saturated heterocycles. The molecule has 4 nitrogen and oxygen atoms in total. The van der Waals surface area contributed by atoms with Crippen molar-refractivity contribution in [3.05, 3.63) is 29.6 Å². The Labute approximate surface area is 116 Å². The molecule has 0 amide bonds. The van der Waals surface area contributed by atoms with Crippen LogP contribution in [0.4, 0.5) is 13.2 Å². The molecule has 0 fully saturated rings. The van der Waals surface area contributed by atoms with Crippen LogP contribution in [0.15, 0.2) is 18.3 Å². The summed E-state index contributed by atoms with van der Waals surface area (Å²) < 4.78 is 59.6. The molecular weight excluding hydrogens is 293 g/mol. The Morgan fingerprint density at radius 3 is 2.45 bits per heavy atom. The molecule has 0 spiro atoms. The van der Waals surface area contributed by atoms with Crippen molar-refractivity contribution in [2.45, 2.75) is 32.0 Å². The number of hydrogen-bond donors (Lipinski definition) is 1. The van der Waals surface area contributed by atoms with Gasteiger partial charge < -0.3 is 5.73 Å².